The van der Waals surface area contributed by atoms with Gasteiger partial charge in [-0.15, -0.1) is 0 Å². The number of nitrogens with zero attached hydrogens (tertiary/aromatic N) is 13. The molecule has 0 bridgehead atoms. The van der Waals surface area contributed by atoms with Crippen LogP contribution in [0, 0.1) is 20.8 Å². The third-order valence-electron chi connectivity index (χ3n) is 21.2. The van der Waals surface area contributed by atoms with Gasteiger partial charge in [0, 0.05) is 131 Å². The minimum absolute atomic E-state index is 0.000624. The summed E-state index contributed by atoms with van der Waals surface area (Å²) in [6.07, 6.45) is 19.5. The summed E-state index contributed by atoms with van der Waals surface area (Å²) < 4.78 is 84.1. The van der Waals surface area contributed by atoms with E-state index in [9.17, 15) is 39.6 Å². The summed E-state index contributed by atoms with van der Waals surface area (Å²) in [6.45, 7) is 13.3. The van der Waals surface area contributed by atoms with Gasteiger partial charge in [0.05, 0.1) is 87.7 Å². The third kappa shape index (κ3) is 19.4. The Kier molecular flexibility index (Phi) is 24.5. The van der Waals surface area contributed by atoms with Crippen LogP contribution in [0.2, 0.25) is 15.1 Å². The number of fused-ring (bicyclic) bond motifs is 3. The number of carbonyl (C=O) groups is 3. The van der Waals surface area contributed by atoms with Gasteiger partial charge in [-0.2, -0.15) is 15.3 Å². The fraction of sp³-hybridized carbons (Fsp3) is 0.423. The number of anilines is 6. The Balaban J connectivity index is 0.000000149. The smallest absolute Gasteiger partial charge is 0.256 e. The lowest BCUT2D eigenvalue weighted by molar-refractivity contribution is 0.0600. The molecule has 4 aliphatic heterocycles. The Labute approximate surface area is 673 Å². The van der Waals surface area contributed by atoms with Gasteiger partial charge in [-0.05, 0) is 165 Å². The Morgan fingerprint density at radius 1 is 0.513 bits per heavy atom. The number of likely N-dealkylation sites (tertiary alicyclic amines) is 3. The zero-order valence-electron chi connectivity index (χ0n) is 64.2. The predicted molar refractivity (Wildman–Crippen MR) is 443 cm³/mol. The number of aryl methyl sites for hydroxylation is 3. The number of amides is 3. The number of halogens is 3. The fourth-order valence-corrected chi connectivity index (χ4v) is 17.6. The number of rotatable bonds is 19. The lowest BCUT2D eigenvalue weighted by Gasteiger charge is -2.35. The SMILES string of the molecule is CCC(C)Nc1nc2cc([C@@H]3CCCCN3C(=O)c3cc(Cl)ccc3NS(C)(=O)=O)nn2cc1C.Cc1cn2nc([C@@H]3CCCCN3C(=O)c3cc(Cl)ccc3NS(C)(=O)=O)cc2nc1N1C[C@@H](N)[C@H](c2ccccc2)C1.Cc1cn2nc([C@@H]3CCCCN3C(=O)c3cc(Cl)ccc3NS(C)(=O)=O)cc2nc1NC1CC(N)C1. The molecule has 6 aromatic heterocycles. The summed E-state index contributed by atoms with van der Waals surface area (Å²) in [4.78, 5) is 63.4. The van der Waals surface area contributed by atoms with E-state index in [0.29, 0.717) is 70.3 Å². The Morgan fingerprint density at radius 3 is 1.30 bits per heavy atom. The van der Waals surface area contributed by atoms with Gasteiger partial charge >= 0.3 is 0 Å². The van der Waals surface area contributed by atoms with Crippen molar-refractivity contribution in [2.45, 2.75) is 160 Å². The molecule has 1 saturated carbocycles. The van der Waals surface area contributed by atoms with E-state index in [2.05, 4.69) is 55.7 Å². The maximum atomic E-state index is 13.9. The standard InChI is InChI=1S/C30H34ClN7O3S.C24H30ClN7O3S.C24H31ClN6O3S/c1-19-16-38-28(33-29(19)36-17-23(24(32)18-36)20-8-4-3-5-9-20)15-26(34-38)27-10-6-7-13-37(27)30(39)22-14-21(31)11-12-25(22)35-42(2,40)41;1-14-13-32-22(28-23(14)27-17-10-16(26)11-17)12-20(29-32)21-5-3-4-8-31(21)24(33)18-9-15(25)6-7-19(18)30-36(2,34)35;1-5-16(3)26-23-15(2)14-31-22(27-23)13-20(28-31)21-8-6-7-11-30(21)24(32)18-12-17(25)9-10-19(18)29-35(4,33)34/h3-5,8-9,11-12,14-16,23-24,27,35H,6-7,10,13,17-18,32H2,1-2H3;6-7,9,12-13,16-17,21,30H,3-5,8,10-11,26H2,1-2H3,(H,27,28);9-10,12-14,16,21,29H,5-8,11H2,1-4H3,(H,26,27)/t23-,24+,27-;16?,17?,21-;16?,21-/m000/s1. The van der Waals surface area contributed by atoms with Crippen LogP contribution in [0.4, 0.5) is 34.5 Å². The Morgan fingerprint density at radius 2 is 0.903 bits per heavy atom. The van der Waals surface area contributed by atoms with Crippen LogP contribution in [-0.4, -0.2) is 177 Å². The molecule has 10 aromatic rings. The largest absolute Gasteiger partial charge is 0.367 e. The molecule has 35 heteroatoms. The highest BCUT2D eigenvalue weighted by molar-refractivity contribution is 7.92. The van der Waals surface area contributed by atoms with E-state index < -0.39 is 30.1 Å². The summed E-state index contributed by atoms with van der Waals surface area (Å²) in [5.41, 5.74) is 22.3. The van der Waals surface area contributed by atoms with Crippen LogP contribution in [-0.2, 0) is 30.1 Å². The summed E-state index contributed by atoms with van der Waals surface area (Å²) >= 11 is 18.6. The van der Waals surface area contributed by atoms with Crippen molar-refractivity contribution in [1.82, 2.24) is 58.5 Å². The Bertz CT molecular complexity index is 5590. The first-order valence-electron chi connectivity index (χ1n) is 37.9. The molecule has 0 spiro atoms. The topological polar surface area (TPSA) is 369 Å². The minimum Gasteiger partial charge on any atom is -0.367 e. The molecule has 9 N–H and O–H groups in total. The first-order valence-corrected chi connectivity index (χ1v) is 44.7. The number of aromatic nitrogens is 9. The number of hydrogen-bond donors (Lipinski definition) is 7. The zero-order valence-corrected chi connectivity index (χ0v) is 68.9. The first-order chi connectivity index (χ1) is 53.7. The predicted octanol–water partition coefficient (Wildman–Crippen LogP) is 12.3. The molecule has 1 unspecified atom stereocenters. The van der Waals surface area contributed by atoms with Gasteiger partial charge in [0.15, 0.2) is 16.9 Å². The van der Waals surface area contributed by atoms with Gasteiger partial charge < -0.3 is 41.7 Å². The zero-order chi connectivity index (χ0) is 80.5. The summed E-state index contributed by atoms with van der Waals surface area (Å²) in [6, 6.07) is 29.9. The number of benzene rings is 4. The highest BCUT2D eigenvalue weighted by Crippen LogP contribution is 2.40. The number of sulfonamides is 3. The molecule has 600 valence electrons. The van der Waals surface area contributed by atoms with Gasteiger partial charge in [0.2, 0.25) is 30.1 Å². The first kappa shape index (κ1) is 81.6. The molecule has 0 radical (unpaired) electrons. The van der Waals surface area contributed by atoms with E-state index in [1.807, 2.05) is 75.8 Å². The van der Waals surface area contributed by atoms with E-state index in [1.54, 1.807) is 46.4 Å². The van der Waals surface area contributed by atoms with Crippen molar-refractivity contribution in [1.29, 1.82) is 0 Å². The quantitative estimate of drug-likeness (QED) is 0.0395. The summed E-state index contributed by atoms with van der Waals surface area (Å²) in [5, 5.41) is 22.3. The van der Waals surface area contributed by atoms with Crippen LogP contribution in [0.15, 0.2) is 122 Å². The molecule has 5 aliphatic rings. The molecule has 4 aromatic carbocycles. The highest BCUT2D eigenvalue weighted by atomic mass is 35.5. The lowest BCUT2D eigenvalue weighted by atomic mass is 9.87. The lowest BCUT2D eigenvalue weighted by Crippen LogP contribution is -2.44. The Hall–Kier alpha value is -9.41. The van der Waals surface area contributed by atoms with Crippen molar-refractivity contribution in [3.63, 3.8) is 0 Å². The second-order valence-corrected chi connectivity index (χ2v) is 36.8. The normalized spacial score (nSPS) is 20.4. The molecule has 29 nitrogen and oxygen atoms in total. The number of nitrogens with one attached hydrogen (secondary N) is 5. The molecule has 10 heterocycles. The highest BCUT2D eigenvalue weighted by Gasteiger charge is 2.38. The molecule has 5 fully saturated rings. The van der Waals surface area contributed by atoms with Crippen LogP contribution in [0.3, 0.4) is 0 Å². The number of carbonyl (C=O) groups excluding carboxylic acids is 3. The van der Waals surface area contributed by atoms with Gasteiger partial charge in [-0.3, -0.25) is 28.5 Å². The van der Waals surface area contributed by atoms with Crippen LogP contribution in [0.5, 0.6) is 0 Å². The molecule has 4 saturated heterocycles. The van der Waals surface area contributed by atoms with Crippen molar-refractivity contribution in [2.24, 2.45) is 11.5 Å². The van der Waals surface area contributed by atoms with Crippen LogP contribution in [0.25, 0.3) is 16.9 Å². The molecule has 15 rings (SSSR count). The number of hydrogen-bond acceptors (Lipinski definition) is 20. The van der Waals surface area contributed by atoms with Crippen molar-refractivity contribution >= 4 is 134 Å². The third-order valence-corrected chi connectivity index (χ3v) is 23.6. The van der Waals surface area contributed by atoms with Crippen molar-refractivity contribution in [3.8, 4) is 0 Å². The summed E-state index contributed by atoms with van der Waals surface area (Å²) in [5.74, 6) is 1.87. The van der Waals surface area contributed by atoms with Crippen LogP contribution >= 0.6 is 34.8 Å². The molecular weight excluding hydrogens is 1560 g/mol. The van der Waals surface area contributed by atoms with Crippen LogP contribution < -0.4 is 41.2 Å². The average molecular weight is 1660 g/mol. The van der Waals surface area contributed by atoms with E-state index >= 15 is 0 Å². The number of nitrogens with two attached hydrogens (primary N) is 2. The average Bonchev–Trinajstić information content (AvgIpc) is 1.63. The molecule has 113 heavy (non-hydrogen) atoms. The second-order valence-electron chi connectivity index (χ2n) is 30.2. The van der Waals surface area contributed by atoms with E-state index in [1.165, 1.54) is 42.0 Å². The maximum absolute atomic E-state index is 13.9. The molecule has 3 amide bonds. The molecule has 6 atom stereocenters. The van der Waals surface area contributed by atoms with Gasteiger partial charge in [-0.25, -0.2) is 53.8 Å². The van der Waals surface area contributed by atoms with Gasteiger partial charge in [0.1, 0.15) is 17.5 Å². The summed E-state index contributed by atoms with van der Waals surface area (Å²) in [7, 11) is -10.7. The minimum atomic E-state index is -3.60. The number of piperidine rings is 3. The van der Waals surface area contributed by atoms with Crippen molar-refractivity contribution in [3.05, 3.63) is 193 Å². The molecular formula is C78H95Cl3N20O9S3. The van der Waals surface area contributed by atoms with E-state index in [-0.39, 0.29) is 87.6 Å². The molecule has 1 aliphatic carbocycles. The maximum Gasteiger partial charge on any atom is 0.256 e. The monoisotopic (exact) mass is 1660 g/mol. The fourth-order valence-electron chi connectivity index (χ4n) is 15.4. The van der Waals surface area contributed by atoms with Gasteiger partial charge in [0.25, 0.3) is 17.7 Å². The van der Waals surface area contributed by atoms with E-state index in [4.69, 9.17) is 76.5 Å². The van der Waals surface area contributed by atoms with Crippen molar-refractivity contribution in [2.75, 3.05) is 81.2 Å². The second kappa shape index (κ2) is 34.0. The van der Waals surface area contributed by atoms with Crippen molar-refractivity contribution < 1.29 is 39.6 Å². The van der Waals surface area contributed by atoms with E-state index in [0.717, 1.165) is 154 Å². The van der Waals surface area contributed by atoms with Gasteiger partial charge in [-0.1, -0.05) is 72.1 Å². The van der Waals surface area contributed by atoms with Crippen LogP contribution in [0.1, 0.15) is 185 Å².